The molecule has 1 fully saturated rings. The van der Waals surface area contributed by atoms with Gasteiger partial charge in [-0.25, -0.2) is 9.69 Å². The molecule has 1 heterocycles. The lowest BCUT2D eigenvalue weighted by Crippen LogP contribution is -2.33. The third-order valence-electron chi connectivity index (χ3n) is 4.22. The summed E-state index contributed by atoms with van der Waals surface area (Å²) in [5, 5.41) is 13.4. The van der Waals surface area contributed by atoms with E-state index in [1.54, 1.807) is 12.1 Å². The lowest BCUT2D eigenvalue weighted by atomic mass is 10.0. The fourth-order valence-electron chi connectivity index (χ4n) is 3.01. The Kier molecular flexibility index (Phi) is 4.66. The van der Waals surface area contributed by atoms with E-state index in [1.165, 1.54) is 0 Å². The van der Waals surface area contributed by atoms with Crippen molar-refractivity contribution in [1.29, 1.82) is 5.26 Å². The molecule has 134 valence electrons. The molecule has 0 aromatic heterocycles. The van der Waals surface area contributed by atoms with E-state index in [0.717, 1.165) is 4.90 Å². The molecule has 26 heavy (non-hydrogen) atoms. The van der Waals surface area contributed by atoms with Gasteiger partial charge in [0, 0.05) is 23.8 Å². The van der Waals surface area contributed by atoms with Crippen molar-refractivity contribution in [2.24, 2.45) is 0 Å². The summed E-state index contributed by atoms with van der Waals surface area (Å²) in [4.78, 5) is 26.4. The van der Waals surface area contributed by atoms with Crippen LogP contribution in [0.4, 0.5) is 10.5 Å². The third kappa shape index (κ3) is 3.39. The Morgan fingerprint density at radius 1 is 1.15 bits per heavy atom. The van der Waals surface area contributed by atoms with E-state index in [4.69, 9.17) is 4.74 Å². The number of ether oxygens (including phenoxy) is 1. The number of imide groups is 1. The molecule has 2 aromatic rings. The van der Waals surface area contributed by atoms with E-state index in [-0.39, 0.29) is 11.5 Å². The fourth-order valence-corrected chi connectivity index (χ4v) is 3.01. The number of nitrogens with zero attached hydrogens (tertiary/aromatic N) is 2. The van der Waals surface area contributed by atoms with Gasteiger partial charge >= 0.3 is 6.03 Å². The molecular formula is C20H21N3O3. The number of anilines is 1. The highest BCUT2D eigenvalue weighted by Crippen LogP contribution is 2.31. The van der Waals surface area contributed by atoms with Gasteiger partial charge in [-0.1, -0.05) is 24.3 Å². The van der Waals surface area contributed by atoms with Gasteiger partial charge in [0.15, 0.2) is 0 Å². The number of benzene rings is 2. The highest BCUT2D eigenvalue weighted by Gasteiger charge is 2.39. The molecule has 1 aliphatic heterocycles. The molecule has 0 radical (unpaired) electrons. The predicted octanol–water partition coefficient (Wildman–Crippen LogP) is 3.34. The summed E-state index contributed by atoms with van der Waals surface area (Å²) in [5.74, 6) is -0.303. The normalized spacial score (nSPS) is 17.5. The Bertz CT molecular complexity index is 909. The largest absolute Gasteiger partial charge is 0.376 e. The Morgan fingerprint density at radius 3 is 2.50 bits per heavy atom. The molecule has 0 saturated carbocycles. The zero-order valence-corrected chi connectivity index (χ0v) is 15.1. The molecule has 1 unspecified atom stereocenters. The van der Waals surface area contributed by atoms with Crippen molar-refractivity contribution < 1.29 is 14.3 Å². The molecule has 0 spiro atoms. The average Bonchev–Trinajstić information content (AvgIpc) is 2.87. The predicted molar refractivity (Wildman–Crippen MR) is 98.8 cm³/mol. The van der Waals surface area contributed by atoms with Gasteiger partial charge in [-0.3, -0.25) is 4.79 Å². The molecule has 6 heteroatoms. The smallest absolute Gasteiger partial charge is 0.329 e. The number of hydrogen-bond acceptors (Lipinski definition) is 4. The molecule has 1 N–H and O–H groups in total. The first-order valence-electron chi connectivity index (χ1n) is 8.52. The molecule has 3 amide bonds. The first kappa shape index (κ1) is 17.9. The molecule has 0 bridgehead atoms. The molecule has 0 aliphatic carbocycles. The van der Waals surface area contributed by atoms with Crippen molar-refractivity contribution in [1.82, 2.24) is 5.32 Å². The standard InChI is InChI=1S/C20H21N3O3/c1-20(2,3)26-11-10-16-18(24)23(19(25)22-16)17-9-8-13(12-21)14-6-4-5-7-15(14)17/h4-9,16H,10-11H2,1-3H3,(H,22,25). The minimum Gasteiger partial charge on any atom is -0.376 e. The van der Waals surface area contributed by atoms with E-state index < -0.39 is 12.1 Å². The van der Waals surface area contributed by atoms with Gasteiger partial charge in [0.1, 0.15) is 6.04 Å². The van der Waals surface area contributed by atoms with Gasteiger partial charge < -0.3 is 10.1 Å². The second kappa shape index (κ2) is 6.77. The summed E-state index contributed by atoms with van der Waals surface area (Å²) in [7, 11) is 0. The van der Waals surface area contributed by atoms with Crippen LogP contribution in [0.3, 0.4) is 0 Å². The van der Waals surface area contributed by atoms with Crippen LogP contribution in [0.15, 0.2) is 36.4 Å². The molecule has 3 rings (SSSR count). The quantitative estimate of drug-likeness (QED) is 0.857. The highest BCUT2D eigenvalue weighted by atomic mass is 16.5. The minimum absolute atomic E-state index is 0.297. The maximum Gasteiger partial charge on any atom is 0.329 e. The fraction of sp³-hybridized carbons (Fsp3) is 0.350. The van der Waals surface area contributed by atoms with Crippen LogP contribution in [0.1, 0.15) is 32.8 Å². The van der Waals surface area contributed by atoms with Gasteiger partial charge in [-0.05, 0) is 32.9 Å². The summed E-state index contributed by atoms with van der Waals surface area (Å²) >= 11 is 0. The van der Waals surface area contributed by atoms with Gasteiger partial charge in [0.25, 0.3) is 5.91 Å². The second-order valence-electron chi connectivity index (χ2n) is 7.21. The van der Waals surface area contributed by atoms with Crippen LogP contribution in [0.2, 0.25) is 0 Å². The number of nitrogens with one attached hydrogen (secondary N) is 1. The summed E-state index contributed by atoms with van der Waals surface area (Å²) < 4.78 is 5.66. The van der Waals surface area contributed by atoms with Crippen LogP contribution in [-0.4, -0.2) is 30.2 Å². The third-order valence-corrected chi connectivity index (χ3v) is 4.22. The van der Waals surface area contributed by atoms with Crippen LogP contribution in [0.25, 0.3) is 10.8 Å². The Balaban J connectivity index is 1.89. The van der Waals surface area contributed by atoms with Crippen LogP contribution < -0.4 is 10.2 Å². The monoisotopic (exact) mass is 351 g/mol. The van der Waals surface area contributed by atoms with Crippen molar-refractivity contribution in [2.45, 2.75) is 38.8 Å². The Hall–Kier alpha value is -2.91. The topological polar surface area (TPSA) is 82.4 Å². The Morgan fingerprint density at radius 2 is 1.85 bits per heavy atom. The maximum absolute atomic E-state index is 12.8. The maximum atomic E-state index is 12.8. The summed E-state index contributed by atoms with van der Waals surface area (Å²) in [6, 6.07) is 11.6. The number of fused-ring (bicyclic) bond motifs is 1. The van der Waals surface area contributed by atoms with Crippen LogP contribution in [0, 0.1) is 11.3 Å². The second-order valence-corrected chi connectivity index (χ2v) is 7.21. The van der Waals surface area contributed by atoms with Crippen molar-refractivity contribution in [3.05, 3.63) is 42.0 Å². The number of carbonyl (C=O) groups excluding carboxylic acids is 2. The lowest BCUT2D eigenvalue weighted by molar-refractivity contribution is -0.119. The summed E-state index contributed by atoms with van der Waals surface area (Å²) in [6.45, 7) is 6.20. The molecule has 1 saturated heterocycles. The van der Waals surface area contributed by atoms with Crippen molar-refractivity contribution in [3.8, 4) is 6.07 Å². The van der Waals surface area contributed by atoms with Gasteiger partial charge in [0.05, 0.1) is 22.9 Å². The molecular weight excluding hydrogens is 330 g/mol. The zero-order chi connectivity index (χ0) is 18.9. The van der Waals surface area contributed by atoms with Crippen LogP contribution in [0.5, 0.6) is 0 Å². The van der Waals surface area contributed by atoms with Crippen molar-refractivity contribution in [2.75, 3.05) is 11.5 Å². The number of carbonyl (C=O) groups is 2. The number of nitriles is 1. The lowest BCUT2D eigenvalue weighted by Gasteiger charge is -2.20. The van der Waals surface area contributed by atoms with E-state index in [1.807, 2.05) is 45.0 Å². The van der Waals surface area contributed by atoms with Gasteiger partial charge in [-0.2, -0.15) is 5.26 Å². The van der Waals surface area contributed by atoms with E-state index in [0.29, 0.717) is 35.1 Å². The Labute approximate surface area is 152 Å². The van der Waals surface area contributed by atoms with E-state index in [2.05, 4.69) is 11.4 Å². The SMILES string of the molecule is CC(C)(C)OCCC1NC(=O)N(c2ccc(C#N)c3ccccc23)C1=O. The van der Waals surface area contributed by atoms with Gasteiger partial charge in [-0.15, -0.1) is 0 Å². The van der Waals surface area contributed by atoms with Crippen LogP contribution in [-0.2, 0) is 9.53 Å². The van der Waals surface area contributed by atoms with Gasteiger partial charge in [0.2, 0.25) is 0 Å². The van der Waals surface area contributed by atoms with E-state index >= 15 is 0 Å². The number of rotatable bonds is 4. The number of amides is 3. The summed E-state index contributed by atoms with van der Waals surface area (Å²) in [6.07, 6.45) is 0.409. The average molecular weight is 351 g/mol. The molecule has 1 atom stereocenters. The van der Waals surface area contributed by atoms with Crippen molar-refractivity contribution in [3.63, 3.8) is 0 Å². The molecule has 1 aliphatic rings. The highest BCUT2D eigenvalue weighted by molar-refractivity contribution is 6.24. The number of hydrogen-bond donors (Lipinski definition) is 1. The van der Waals surface area contributed by atoms with Crippen LogP contribution >= 0.6 is 0 Å². The van der Waals surface area contributed by atoms with E-state index in [9.17, 15) is 14.9 Å². The van der Waals surface area contributed by atoms with Crippen molar-refractivity contribution >= 4 is 28.4 Å². The zero-order valence-electron chi connectivity index (χ0n) is 15.1. The molecule has 2 aromatic carbocycles. The first-order valence-corrected chi connectivity index (χ1v) is 8.52. The first-order chi connectivity index (χ1) is 12.3. The summed E-state index contributed by atoms with van der Waals surface area (Å²) in [5.41, 5.74) is 0.696. The molecule has 6 nitrogen and oxygen atoms in total. The number of urea groups is 1. The minimum atomic E-state index is -0.612.